The van der Waals surface area contributed by atoms with Gasteiger partial charge in [-0.2, -0.15) is 13.2 Å². The molecule has 0 bridgehead atoms. The SMILES string of the molecule is C#CC(O)c1cc(F)cc(C(F)(F)F)c1. The third-order valence-electron chi connectivity index (χ3n) is 1.72. The molecule has 0 radical (unpaired) electrons. The Morgan fingerprint density at radius 3 is 2.33 bits per heavy atom. The van der Waals surface area contributed by atoms with Gasteiger partial charge in [0.15, 0.2) is 0 Å². The van der Waals surface area contributed by atoms with Crippen molar-refractivity contribution in [3.8, 4) is 12.3 Å². The van der Waals surface area contributed by atoms with Crippen LogP contribution in [-0.2, 0) is 6.18 Å². The van der Waals surface area contributed by atoms with E-state index in [1.54, 1.807) is 0 Å². The van der Waals surface area contributed by atoms with Crippen molar-refractivity contribution in [2.45, 2.75) is 12.3 Å². The maximum atomic E-state index is 12.8. The monoisotopic (exact) mass is 218 g/mol. The lowest BCUT2D eigenvalue weighted by Gasteiger charge is -2.10. The summed E-state index contributed by atoms with van der Waals surface area (Å²) in [5.74, 6) is 0.720. The number of benzene rings is 1. The summed E-state index contributed by atoms with van der Waals surface area (Å²) in [4.78, 5) is 0. The molecule has 5 heteroatoms. The lowest BCUT2D eigenvalue weighted by Crippen LogP contribution is -2.07. The molecule has 0 fully saturated rings. The molecule has 0 aliphatic rings. The molecule has 1 atom stereocenters. The van der Waals surface area contributed by atoms with E-state index in [1.165, 1.54) is 0 Å². The number of terminal acetylenes is 1. The van der Waals surface area contributed by atoms with Crippen molar-refractivity contribution in [3.63, 3.8) is 0 Å². The average molecular weight is 218 g/mol. The first-order valence-corrected chi connectivity index (χ1v) is 3.86. The van der Waals surface area contributed by atoms with Gasteiger partial charge in [0.25, 0.3) is 0 Å². The molecule has 0 spiro atoms. The molecule has 1 aromatic rings. The second kappa shape index (κ2) is 3.91. The standard InChI is InChI=1S/C10H6F4O/c1-2-9(15)6-3-7(10(12,13)14)5-8(11)4-6/h1,3-5,9,15H. The van der Waals surface area contributed by atoms with Gasteiger partial charge in [-0.25, -0.2) is 4.39 Å². The summed E-state index contributed by atoms with van der Waals surface area (Å²) in [5, 5.41) is 9.07. The summed E-state index contributed by atoms with van der Waals surface area (Å²) in [6, 6.07) is 1.72. The molecule has 80 valence electrons. The fourth-order valence-corrected chi connectivity index (χ4v) is 1.03. The number of aliphatic hydroxyl groups excluding tert-OH is 1. The van der Waals surface area contributed by atoms with Crippen LogP contribution in [-0.4, -0.2) is 5.11 Å². The minimum absolute atomic E-state index is 0.287. The largest absolute Gasteiger partial charge is 0.416 e. The Balaban J connectivity index is 3.24. The number of rotatable bonds is 1. The van der Waals surface area contributed by atoms with Crippen LogP contribution in [0.4, 0.5) is 17.6 Å². The van der Waals surface area contributed by atoms with Crippen LogP contribution < -0.4 is 0 Å². The van der Waals surface area contributed by atoms with Crippen molar-refractivity contribution >= 4 is 0 Å². The average Bonchev–Trinajstić information content (AvgIpc) is 2.14. The van der Waals surface area contributed by atoms with Crippen LogP contribution in [0.5, 0.6) is 0 Å². The van der Waals surface area contributed by atoms with Crippen LogP contribution >= 0.6 is 0 Å². The Hall–Kier alpha value is -1.54. The zero-order chi connectivity index (χ0) is 11.6. The molecule has 0 aromatic heterocycles. The van der Waals surface area contributed by atoms with Crippen LogP contribution in [0.3, 0.4) is 0 Å². The maximum Gasteiger partial charge on any atom is 0.416 e. The number of aliphatic hydroxyl groups is 1. The molecule has 0 amide bonds. The van der Waals surface area contributed by atoms with Gasteiger partial charge in [0.05, 0.1) is 5.56 Å². The summed E-state index contributed by atoms with van der Waals surface area (Å²) in [6.07, 6.45) is -1.39. The molecule has 0 heterocycles. The molecule has 0 aliphatic heterocycles. The number of halogens is 4. The third kappa shape index (κ3) is 2.70. The van der Waals surface area contributed by atoms with Crippen molar-refractivity contribution in [1.82, 2.24) is 0 Å². The van der Waals surface area contributed by atoms with Crippen molar-refractivity contribution in [1.29, 1.82) is 0 Å². The van der Waals surface area contributed by atoms with Gasteiger partial charge in [-0.15, -0.1) is 6.42 Å². The quantitative estimate of drug-likeness (QED) is 0.567. The number of alkyl halides is 3. The Labute approximate surface area is 83.3 Å². The molecular formula is C10H6F4O. The highest BCUT2D eigenvalue weighted by molar-refractivity contribution is 5.31. The fourth-order valence-electron chi connectivity index (χ4n) is 1.03. The van der Waals surface area contributed by atoms with Gasteiger partial charge in [0, 0.05) is 0 Å². The molecule has 0 saturated heterocycles. The smallest absolute Gasteiger partial charge is 0.376 e. The van der Waals surface area contributed by atoms with Crippen molar-refractivity contribution in [2.24, 2.45) is 0 Å². The summed E-state index contributed by atoms with van der Waals surface area (Å²) in [7, 11) is 0. The first-order chi connectivity index (χ1) is 6.84. The topological polar surface area (TPSA) is 20.2 Å². The Morgan fingerprint density at radius 2 is 1.87 bits per heavy atom. The van der Waals surface area contributed by atoms with Crippen molar-refractivity contribution < 1.29 is 22.7 Å². The highest BCUT2D eigenvalue weighted by atomic mass is 19.4. The highest BCUT2D eigenvalue weighted by Crippen LogP contribution is 2.31. The Morgan fingerprint density at radius 1 is 1.27 bits per heavy atom. The van der Waals surface area contributed by atoms with E-state index in [0.29, 0.717) is 12.1 Å². The summed E-state index contributed by atoms with van der Waals surface area (Å²) >= 11 is 0. The maximum absolute atomic E-state index is 12.8. The van der Waals surface area contributed by atoms with Gasteiger partial charge in [0.2, 0.25) is 0 Å². The Kier molecular flexibility index (Phi) is 3.01. The lowest BCUT2D eigenvalue weighted by molar-refractivity contribution is -0.137. The molecular weight excluding hydrogens is 212 g/mol. The van der Waals surface area contributed by atoms with Crippen LogP contribution in [0.25, 0.3) is 0 Å². The molecule has 0 saturated carbocycles. The first-order valence-electron chi connectivity index (χ1n) is 3.86. The third-order valence-corrected chi connectivity index (χ3v) is 1.72. The number of hydrogen-bond donors (Lipinski definition) is 1. The van der Waals surface area contributed by atoms with Gasteiger partial charge in [-0.1, -0.05) is 5.92 Å². The van der Waals surface area contributed by atoms with Gasteiger partial charge in [-0.05, 0) is 23.8 Å². The predicted octanol–water partition coefficient (Wildman–Crippen LogP) is 2.51. The minimum Gasteiger partial charge on any atom is -0.376 e. The summed E-state index contributed by atoms with van der Waals surface area (Å²) in [5.41, 5.74) is -1.46. The molecule has 1 aromatic carbocycles. The molecule has 15 heavy (non-hydrogen) atoms. The normalized spacial score (nSPS) is 13.3. The van der Waals surface area contributed by atoms with Crippen LogP contribution in [0.2, 0.25) is 0 Å². The highest BCUT2D eigenvalue weighted by Gasteiger charge is 2.31. The molecule has 1 N–H and O–H groups in total. The minimum atomic E-state index is -4.66. The Bertz CT molecular complexity index is 403. The van der Waals surface area contributed by atoms with E-state index < -0.39 is 23.7 Å². The van der Waals surface area contributed by atoms with Gasteiger partial charge in [0.1, 0.15) is 11.9 Å². The van der Waals surface area contributed by atoms with E-state index in [9.17, 15) is 17.6 Å². The van der Waals surface area contributed by atoms with Crippen LogP contribution in [0.15, 0.2) is 18.2 Å². The first kappa shape index (κ1) is 11.5. The van der Waals surface area contributed by atoms with Crippen molar-refractivity contribution in [3.05, 3.63) is 35.1 Å². The molecule has 0 aliphatic carbocycles. The predicted molar refractivity (Wildman–Crippen MR) is 45.2 cm³/mol. The van der Waals surface area contributed by atoms with E-state index in [2.05, 4.69) is 0 Å². The zero-order valence-corrected chi connectivity index (χ0v) is 7.35. The van der Waals surface area contributed by atoms with Gasteiger partial charge >= 0.3 is 6.18 Å². The van der Waals surface area contributed by atoms with E-state index in [1.807, 2.05) is 5.92 Å². The summed E-state index contributed by atoms with van der Waals surface area (Å²) < 4.78 is 49.4. The van der Waals surface area contributed by atoms with E-state index in [4.69, 9.17) is 11.5 Å². The van der Waals surface area contributed by atoms with Crippen molar-refractivity contribution in [2.75, 3.05) is 0 Å². The second-order valence-electron chi connectivity index (χ2n) is 2.84. The van der Waals surface area contributed by atoms with Gasteiger partial charge < -0.3 is 5.11 Å². The van der Waals surface area contributed by atoms with E-state index in [0.717, 1.165) is 6.07 Å². The van der Waals surface area contributed by atoms with Crippen LogP contribution in [0, 0.1) is 18.2 Å². The molecule has 1 nitrogen and oxygen atoms in total. The number of hydrogen-bond acceptors (Lipinski definition) is 1. The van der Waals surface area contributed by atoms with E-state index >= 15 is 0 Å². The summed E-state index contributed by atoms with van der Waals surface area (Å²) in [6.45, 7) is 0. The lowest BCUT2D eigenvalue weighted by atomic mass is 10.1. The molecule has 1 unspecified atom stereocenters. The fraction of sp³-hybridized carbons (Fsp3) is 0.200. The van der Waals surface area contributed by atoms with Gasteiger partial charge in [-0.3, -0.25) is 0 Å². The van der Waals surface area contributed by atoms with E-state index in [-0.39, 0.29) is 5.56 Å². The molecule has 1 rings (SSSR count). The van der Waals surface area contributed by atoms with Crippen LogP contribution in [0.1, 0.15) is 17.2 Å². The second-order valence-corrected chi connectivity index (χ2v) is 2.84. The zero-order valence-electron chi connectivity index (χ0n) is 7.35.